The Morgan fingerprint density at radius 2 is 1.89 bits per heavy atom. The van der Waals surface area contributed by atoms with Gasteiger partial charge < -0.3 is 4.74 Å². The molecule has 0 unspecified atom stereocenters. The highest BCUT2D eigenvalue weighted by Crippen LogP contribution is 2.27. The van der Waals surface area contributed by atoms with Gasteiger partial charge in [-0.1, -0.05) is 12.8 Å². The van der Waals surface area contributed by atoms with Gasteiger partial charge in [0.1, 0.15) is 6.61 Å². The van der Waals surface area contributed by atoms with E-state index in [-0.39, 0.29) is 18.3 Å². The molecule has 0 aliphatic heterocycles. The van der Waals surface area contributed by atoms with Gasteiger partial charge in [-0.25, -0.2) is 0 Å². The van der Waals surface area contributed by atoms with Gasteiger partial charge in [-0.2, -0.15) is 0 Å². The molecule has 1 aliphatic carbocycles. The molecule has 0 spiro atoms. The second-order valence-electron chi connectivity index (χ2n) is 4.94. The van der Waals surface area contributed by atoms with Crippen LogP contribution in [0.5, 0.6) is 0 Å². The van der Waals surface area contributed by atoms with Gasteiger partial charge in [-0.05, 0) is 36.5 Å². The fraction of sp³-hybridized carbons (Fsp3) is 0.500. The third kappa shape index (κ3) is 4.05. The van der Waals surface area contributed by atoms with E-state index in [1.54, 1.807) is 12.1 Å². The van der Waals surface area contributed by atoms with E-state index >= 15 is 0 Å². The number of carbonyl (C=O) groups excluding carboxylic acids is 1. The number of hydrogen-bond donors (Lipinski definition) is 0. The molecular weight excluding hydrogens is 246 g/mol. The van der Waals surface area contributed by atoms with Crippen LogP contribution < -0.4 is 0 Å². The predicted molar refractivity (Wildman–Crippen MR) is 69.5 cm³/mol. The highest BCUT2D eigenvalue weighted by Gasteiger charge is 2.19. The van der Waals surface area contributed by atoms with Gasteiger partial charge in [-0.15, -0.1) is 0 Å². The Labute approximate surface area is 111 Å². The molecule has 5 nitrogen and oxygen atoms in total. The summed E-state index contributed by atoms with van der Waals surface area (Å²) in [5.41, 5.74) is 0.811. The zero-order chi connectivity index (χ0) is 13.7. The summed E-state index contributed by atoms with van der Waals surface area (Å²) < 4.78 is 5.18. The molecule has 0 radical (unpaired) electrons. The van der Waals surface area contributed by atoms with E-state index in [0.29, 0.717) is 12.3 Å². The summed E-state index contributed by atoms with van der Waals surface area (Å²) in [5, 5.41) is 10.5. The Morgan fingerprint density at radius 1 is 1.26 bits per heavy atom. The SMILES string of the molecule is O=C(CC1CCCC1)OCc1ccc([N+](=O)[O-])cc1. The smallest absolute Gasteiger partial charge is 0.306 e. The maximum Gasteiger partial charge on any atom is 0.306 e. The van der Waals surface area contributed by atoms with Crippen LogP contribution in [0.25, 0.3) is 0 Å². The number of carbonyl (C=O) groups is 1. The van der Waals surface area contributed by atoms with Crippen LogP contribution in [-0.4, -0.2) is 10.9 Å². The quantitative estimate of drug-likeness (QED) is 0.464. The lowest BCUT2D eigenvalue weighted by Gasteiger charge is -2.08. The maximum atomic E-state index is 11.6. The van der Waals surface area contributed by atoms with Crippen molar-refractivity contribution in [2.75, 3.05) is 0 Å². The lowest BCUT2D eigenvalue weighted by Crippen LogP contribution is -2.09. The van der Waals surface area contributed by atoms with Crippen LogP contribution in [0, 0.1) is 16.0 Å². The highest BCUT2D eigenvalue weighted by atomic mass is 16.6. The largest absolute Gasteiger partial charge is 0.461 e. The molecule has 0 N–H and O–H groups in total. The van der Waals surface area contributed by atoms with Crippen LogP contribution in [0.2, 0.25) is 0 Å². The molecule has 1 aromatic carbocycles. The number of esters is 1. The third-order valence-electron chi connectivity index (χ3n) is 3.48. The number of ether oxygens (including phenoxy) is 1. The lowest BCUT2D eigenvalue weighted by atomic mass is 10.0. The summed E-state index contributed by atoms with van der Waals surface area (Å²) in [6.45, 7) is 0.184. The van der Waals surface area contributed by atoms with Gasteiger partial charge in [0.25, 0.3) is 5.69 Å². The van der Waals surface area contributed by atoms with Gasteiger partial charge in [-0.3, -0.25) is 14.9 Å². The minimum absolute atomic E-state index is 0.0426. The van der Waals surface area contributed by atoms with E-state index < -0.39 is 4.92 Å². The van der Waals surface area contributed by atoms with Crippen LogP contribution in [0.1, 0.15) is 37.7 Å². The first kappa shape index (κ1) is 13.5. The van der Waals surface area contributed by atoms with E-state index in [2.05, 4.69) is 0 Å². The van der Waals surface area contributed by atoms with E-state index in [1.165, 1.54) is 25.0 Å². The van der Waals surface area contributed by atoms with Crippen molar-refractivity contribution in [2.45, 2.75) is 38.7 Å². The van der Waals surface area contributed by atoms with Crippen LogP contribution in [0.15, 0.2) is 24.3 Å². The first-order chi connectivity index (χ1) is 9.15. The molecular formula is C14H17NO4. The van der Waals surface area contributed by atoms with Crippen molar-refractivity contribution >= 4 is 11.7 Å². The average molecular weight is 263 g/mol. The summed E-state index contributed by atoms with van der Waals surface area (Å²) >= 11 is 0. The molecule has 19 heavy (non-hydrogen) atoms. The number of nitro groups is 1. The molecule has 2 rings (SSSR count). The summed E-state index contributed by atoms with van der Waals surface area (Å²) in [4.78, 5) is 21.7. The van der Waals surface area contributed by atoms with Gasteiger partial charge in [0.15, 0.2) is 0 Å². The van der Waals surface area contributed by atoms with Crippen molar-refractivity contribution < 1.29 is 14.5 Å². The molecule has 102 valence electrons. The van der Waals surface area contributed by atoms with E-state index in [0.717, 1.165) is 18.4 Å². The summed E-state index contributed by atoms with van der Waals surface area (Å²) in [6, 6.07) is 6.06. The fourth-order valence-electron chi connectivity index (χ4n) is 2.39. The molecule has 0 aromatic heterocycles. The molecule has 1 aromatic rings. The topological polar surface area (TPSA) is 69.4 Å². The molecule has 0 saturated heterocycles. The van der Waals surface area contributed by atoms with Crippen LogP contribution in [0.4, 0.5) is 5.69 Å². The van der Waals surface area contributed by atoms with E-state index in [1.807, 2.05) is 0 Å². The molecule has 1 saturated carbocycles. The molecule has 0 atom stereocenters. The molecule has 0 amide bonds. The van der Waals surface area contributed by atoms with Crippen molar-refractivity contribution in [3.63, 3.8) is 0 Å². The molecule has 0 bridgehead atoms. The minimum atomic E-state index is -0.449. The second kappa shape index (κ2) is 6.31. The molecule has 0 heterocycles. The average Bonchev–Trinajstić information content (AvgIpc) is 2.89. The predicted octanol–water partition coefficient (Wildman–Crippen LogP) is 3.22. The normalized spacial score (nSPS) is 15.4. The molecule has 5 heteroatoms. The van der Waals surface area contributed by atoms with Crippen molar-refractivity contribution in [1.82, 2.24) is 0 Å². The molecule has 1 aliphatic rings. The van der Waals surface area contributed by atoms with Crippen LogP contribution in [0.3, 0.4) is 0 Å². The van der Waals surface area contributed by atoms with Crippen molar-refractivity contribution in [1.29, 1.82) is 0 Å². The third-order valence-corrected chi connectivity index (χ3v) is 3.48. The number of nitro benzene ring substituents is 1. The number of nitrogens with zero attached hydrogens (tertiary/aromatic N) is 1. The Morgan fingerprint density at radius 3 is 2.47 bits per heavy atom. The van der Waals surface area contributed by atoms with Crippen molar-refractivity contribution in [2.24, 2.45) is 5.92 Å². The standard InChI is InChI=1S/C14H17NO4/c16-14(9-11-3-1-2-4-11)19-10-12-5-7-13(8-6-12)15(17)18/h5-8,11H,1-4,9-10H2. The Bertz CT molecular complexity index is 449. The van der Waals surface area contributed by atoms with E-state index in [9.17, 15) is 14.9 Å². The van der Waals surface area contributed by atoms with Gasteiger partial charge in [0.2, 0.25) is 0 Å². The number of benzene rings is 1. The first-order valence-corrected chi connectivity index (χ1v) is 6.54. The number of non-ortho nitro benzene ring substituents is 1. The summed E-state index contributed by atoms with van der Waals surface area (Å²) in [6.07, 6.45) is 5.15. The monoisotopic (exact) mass is 263 g/mol. The minimum Gasteiger partial charge on any atom is -0.461 e. The maximum absolute atomic E-state index is 11.6. The summed E-state index contributed by atoms with van der Waals surface area (Å²) in [5.74, 6) is 0.301. The second-order valence-corrected chi connectivity index (χ2v) is 4.94. The summed E-state index contributed by atoms with van der Waals surface area (Å²) in [7, 11) is 0. The highest BCUT2D eigenvalue weighted by molar-refractivity contribution is 5.69. The Hall–Kier alpha value is -1.91. The van der Waals surface area contributed by atoms with Gasteiger partial charge in [0.05, 0.1) is 4.92 Å². The first-order valence-electron chi connectivity index (χ1n) is 6.54. The van der Waals surface area contributed by atoms with Crippen molar-refractivity contribution in [3.05, 3.63) is 39.9 Å². The van der Waals surface area contributed by atoms with Gasteiger partial charge in [0, 0.05) is 18.6 Å². The van der Waals surface area contributed by atoms with Crippen molar-refractivity contribution in [3.8, 4) is 0 Å². The molecule has 1 fully saturated rings. The van der Waals surface area contributed by atoms with Gasteiger partial charge >= 0.3 is 5.97 Å². The zero-order valence-electron chi connectivity index (χ0n) is 10.7. The number of hydrogen-bond acceptors (Lipinski definition) is 4. The van der Waals surface area contributed by atoms with Crippen LogP contribution >= 0.6 is 0 Å². The van der Waals surface area contributed by atoms with Crippen LogP contribution in [-0.2, 0) is 16.1 Å². The number of rotatable bonds is 5. The fourth-order valence-corrected chi connectivity index (χ4v) is 2.39. The zero-order valence-corrected chi connectivity index (χ0v) is 10.7. The Balaban J connectivity index is 1.77. The van der Waals surface area contributed by atoms with E-state index in [4.69, 9.17) is 4.74 Å². The Kier molecular flexibility index (Phi) is 4.49. The lowest BCUT2D eigenvalue weighted by molar-refractivity contribution is -0.384.